The first-order valence-electron chi connectivity index (χ1n) is 4.87. The molecule has 0 aromatic rings. The van der Waals surface area contributed by atoms with E-state index in [1.165, 1.54) is 12.8 Å². The van der Waals surface area contributed by atoms with Gasteiger partial charge < -0.3 is 9.47 Å². The molecule has 1 fully saturated rings. The molecule has 1 saturated heterocycles. The van der Waals surface area contributed by atoms with Crippen LogP contribution in [-0.2, 0) is 9.47 Å². The highest BCUT2D eigenvalue weighted by molar-refractivity contribution is 9.09. The number of ether oxygens (including phenoxy) is 2. The van der Waals surface area contributed by atoms with Gasteiger partial charge in [0.15, 0.2) is 6.29 Å². The molecule has 3 heteroatoms. The zero-order valence-corrected chi connectivity index (χ0v) is 9.46. The van der Waals surface area contributed by atoms with E-state index in [1.54, 1.807) is 0 Å². The second kappa shape index (κ2) is 7.54. The molecule has 76 valence electrons. The van der Waals surface area contributed by atoms with E-state index in [9.17, 15) is 0 Å². The predicted molar refractivity (Wildman–Crippen MR) is 57.1 cm³/mol. The standard InChI is InChI=1S/C10H17BrO2/c11-7-3-1-4-8-12-10-6-2-5-9-13-10/h1,4,10H,2-3,5-9H2/b4-1+/t10-/m0/s1. The van der Waals surface area contributed by atoms with Gasteiger partial charge in [0.2, 0.25) is 0 Å². The molecule has 0 unspecified atom stereocenters. The lowest BCUT2D eigenvalue weighted by Crippen LogP contribution is -2.22. The maximum absolute atomic E-state index is 5.51. The molecule has 0 aromatic heterocycles. The minimum atomic E-state index is 0.0439. The maximum Gasteiger partial charge on any atom is 0.157 e. The van der Waals surface area contributed by atoms with E-state index in [2.05, 4.69) is 28.1 Å². The monoisotopic (exact) mass is 248 g/mol. The molecule has 0 amide bonds. The van der Waals surface area contributed by atoms with Gasteiger partial charge in [-0.2, -0.15) is 0 Å². The zero-order chi connectivity index (χ0) is 9.36. The Balaban J connectivity index is 1.97. The smallest absolute Gasteiger partial charge is 0.157 e. The van der Waals surface area contributed by atoms with Gasteiger partial charge in [-0.05, 0) is 25.7 Å². The summed E-state index contributed by atoms with van der Waals surface area (Å²) in [7, 11) is 0. The third-order valence-corrected chi connectivity index (χ3v) is 2.42. The molecule has 13 heavy (non-hydrogen) atoms. The lowest BCUT2D eigenvalue weighted by atomic mass is 10.2. The molecule has 2 nitrogen and oxygen atoms in total. The van der Waals surface area contributed by atoms with Gasteiger partial charge in [0.25, 0.3) is 0 Å². The van der Waals surface area contributed by atoms with E-state index in [0.717, 1.165) is 24.8 Å². The molecule has 0 N–H and O–H groups in total. The lowest BCUT2D eigenvalue weighted by molar-refractivity contribution is -0.155. The maximum atomic E-state index is 5.51. The number of rotatable bonds is 5. The molecule has 0 bridgehead atoms. The summed E-state index contributed by atoms with van der Waals surface area (Å²) in [6.07, 6.45) is 8.75. The van der Waals surface area contributed by atoms with Crippen molar-refractivity contribution in [3.05, 3.63) is 12.2 Å². The largest absolute Gasteiger partial charge is 0.353 e. The van der Waals surface area contributed by atoms with Gasteiger partial charge in [-0.15, -0.1) is 0 Å². The highest BCUT2D eigenvalue weighted by Crippen LogP contribution is 2.13. The van der Waals surface area contributed by atoms with Crippen molar-refractivity contribution in [3.63, 3.8) is 0 Å². The minimum absolute atomic E-state index is 0.0439. The molecule has 0 aromatic carbocycles. The first-order valence-corrected chi connectivity index (χ1v) is 6.00. The summed E-state index contributed by atoms with van der Waals surface area (Å²) in [6, 6.07) is 0. The fourth-order valence-corrected chi connectivity index (χ4v) is 1.52. The molecule has 0 aliphatic carbocycles. The van der Waals surface area contributed by atoms with E-state index >= 15 is 0 Å². The topological polar surface area (TPSA) is 18.5 Å². The summed E-state index contributed by atoms with van der Waals surface area (Å²) in [6.45, 7) is 1.54. The van der Waals surface area contributed by atoms with Crippen LogP contribution in [0.2, 0.25) is 0 Å². The van der Waals surface area contributed by atoms with Crippen LogP contribution < -0.4 is 0 Å². The first-order chi connectivity index (χ1) is 6.43. The normalized spacial score (nSPS) is 23.9. The minimum Gasteiger partial charge on any atom is -0.353 e. The predicted octanol–water partition coefficient (Wildman–Crippen LogP) is 2.87. The van der Waals surface area contributed by atoms with E-state index in [1.807, 2.05) is 0 Å². The number of halogens is 1. The van der Waals surface area contributed by atoms with E-state index in [-0.39, 0.29) is 6.29 Å². The van der Waals surface area contributed by atoms with E-state index in [0.29, 0.717) is 6.61 Å². The molecule has 1 heterocycles. The van der Waals surface area contributed by atoms with Gasteiger partial charge in [0.1, 0.15) is 0 Å². The van der Waals surface area contributed by atoms with E-state index in [4.69, 9.17) is 9.47 Å². The zero-order valence-electron chi connectivity index (χ0n) is 7.88. The molecular formula is C10H17BrO2. The molecule has 1 aliphatic heterocycles. The van der Waals surface area contributed by atoms with Crippen molar-refractivity contribution in [2.24, 2.45) is 0 Å². The Morgan fingerprint density at radius 2 is 2.31 bits per heavy atom. The SMILES string of the molecule is BrCC/C=C/CO[C@@H]1CCCCO1. The van der Waals surface area contributed by atoms with Gasteiger partial charge >= 0.3 is 0 Å². The van der Waals surface area contributed by atoms with Crippen LogP contribution in [-0.4, -0.2) is 24.8 Å². The summed E-state index contributed by atoms with van der Waals surface area (Å²) < 4.78 is 10.9. The van der Waals surface area contributed by atoms with Crippen LogP contribution in [0.15, 0.2) is 12.2 Å². The van der Waals surface area contributed by atoms with E-state index < -0.39 is 0 Å². The summed E-state index contributed by atoms with van der Waals surface area (Å²) in [5.74, 6) is 0. The summed E-state index contributed by atoms with van der Waals surface area (Å²) in [4.78, 5) is 0. The fraction of sp³-hybridized carbons (Fsp3) is 0.800. The number of allylic oxidation sites excluding steroid dienone is 1. The summed E-state index contributed by atoms with van der Waals surface area (Å²) in [5.41, 5.74) is 0. The van der Waals surface area contributed by atoms with Crippen LogP contribution in [0.25, 0.3) is 0 Å². The van der Waals surface area contributed by atoms with Crippen LogP contribution >= 0.6 is 15.9 Å². The van der Waals surface area contributed by atoms with Crippen molar-refractivity contribution < 1.29 is 9.47 Å². The third kappa shape index (κ3) is 5.45. The van der Waals surface area contributed by atoms with Crippen LogP contribution in [0, 0.1) is 0 Å². The van der Waals surface area contributed by atoms with Crippen molar-refractivity contribution in [3.8, 4) is 0 Å². The summed E-state index contributed by atoms with van der Waals surface area (Å²) >= 11 is 3.36. The first kappa shape index (κ1) is 11.2. The Hall–Kier alpha value is 0.140. The Bertz CT molecular complexity index is 142. The second-order valence-electron chi connectivity index (χ2n) is 3.08. The Labute approximate surface area is 88.4 Å². The van der Waals surface area contributed by atoms with Gasteiger partial charge in [-0.1, -0.05) is 28.1 Å². The van der Waals surface area contributed by atoms with Gasteiger partial charge in [-0.25, -0.2) is 0 Å². The number of alkyl halides is 1. The van der Waals surface area contributed by atoms with Crippen molar-refractivity contribution in [2.75, 3.05) is 18.5 Å². The van der Waals surface area contributed by atoms with Crippen molar-refractivity contribution in [2.45, 2.75) is 32.0 Å². The quantitative estimate of drug-likeness (QED) is 0.551. The number of hydrogen-bond acceptors (Lipinski definition) is 2. The molecule has 0 radical (unpaired) electrons. The molecular weight excluding hydrogens is 232 g/mol. The third-order valence-electron chi connectivity index (χ3n) is 1.96. The van der Waals surface area contributed by atoms with Crippen LogP contribution in [0.3, 0.4) is 0 Å². The van der Waals surface area contributed by atoms with Gasteiger partial charge in [-0.3, -0.25) is 0 Å². The van der Waals surface area contributed by atoms with Gasteiger partial charge in [0, 0.05) is 11.9 Å². The molecule has 0 saturated carbocycles. The van der Waals surface area contributed by atoms with Crippen molar-refractivity contribution in [1.29, 1.82) is 0 Å². The Kier molecular flexibility index (Phi) is 6.50. The van der Waals surface area contributed by atoms with Gasteiger partial charge in [0.05, 0.1) is 6.61 Å². The highest BCUT2D eigenvalue weighted by Gasteiger charge is 2.12. The van der Waals surface area contributed by atoms with Crippen LogP contribution in [0.5, 0.6) is 0 Å². The second-order valence-corrected chi connectivity index (χ2v) is 3.87. The lowest BCUT2D eigenvalue weighted by Gasteiger charge is -2.21. The van der Waals surface area contributed by atoms with Crippen molar-refractivity contribution >= 4 is 15.9 Å². The molecule has 1 rings (SSSR count). The highest BCUT2D eigenvalue weighted by atomic mass is 79.9. The average molecular weight is 249 g/mol. The van der Waals surface area contributed by atoms with Crippen LogP contribution in [0.4, 0.5) is 0 Å². The molecule has 0 spiro atoms. The van der Waals surface area contributed by atoms with Crippen LogP contribution in [0.1, 0.15) is 25.7 Å². The fourth-order valence-electron chi connectivity index (χ4n) is 1.25. The Morgan fingerprint density at radius 1 is 1.38 bits per heavy atom. The molecule has 1 aliphatic rings. The van der Waals surface area contributed by atoms with Crippen molar-refractivity contribution in [1.82, 2.24) is 0 Å². The molecule has 1 atom stereocenters. The summed E-state index contributed by atoms with van der Waals surface area (Å²) in [5, 5.41) is 1.02. The average Bonchev–Trinajstić information content (AvgIpc) is 2.19. The number of hydrogen-bond donors (Lipinski definition) is 0. The Morgan fingerprint density at radius 3 is 3.00 bits per heavy atom.